The molecule has 0 bridgehead atoms. The summed E-state index contributed by atoms with van der Waals surface area (Å²) in [5, 5.41) is 41.9. The summed E-state index contributed by atoms with van der Waals surface area (Å²) in [6, 6.07) is -0.891. The number of nitrogens with zero attached hydrogens (tertiary/aromatic N) is 1. The van der Waals surface area contributed by atoms with Gasteiger partial charge in [-0.15, -0.1) is 0 Å². The van der Waals surface area contributed by atoms with Crippen molar-refractivity contribution in [3.63, 3.8) is 0 Å². The lowest BCUT2D eigenvalue weighted by atomic mass is 9.98. The first-order valence-electron chi connectivity index (χ1n) is 20.9. The summed E-state index contributed by atoms with van der Waals surface area (Å²) in [5.74, 6) is -8.03. The Kier molecular flexibility index (Phi) is 25.7. The molecule has 20 heteroatoms. The van der Waals surface area contributed by atoms with Gasteiger partial charge in [-0.25, -0.2) is 4.79 Å². The van der Waals surface area contributed by atoms with Crippen molar-refractivity contribution < 1.29 is 53.7 Å². The highest BCUT2D eigenvalue weighted by Gasteiger charge is 2.37. The topological polar surface area (TPSA) is 339 Å². The number of hydrogen-bond donors (Lipinski definition) is 11. The van der Waals surface area contributed by atoms with Gasteiger partial charge >= 0.3 is 11.9 Å². The first-order chi connectivity index (χ1) is 28.9. The predicted octanol–water partition coefficient (Wildman–Crippen LogP) is -1.15. The number of aliphatic carboxylic acids is 2. The minimum Gasteiger partial charge on any atom is -0.481 e. The van der Waals surface area contributed by atoms with Gasteiger partial charge in [0.15, 0.2) is 0 Å². The third-order valence-corrected chi connectivity index (χ3v) is 9.88. The summed E-state index contributed by atoms with van der Waals surface area (Å²) in [5.41, 5.74) is 17.7. The molecule has 0 unspecified atom stereocenters. The molecule has 7 atom stereocenters. The molecular formula is C41H69N9O11. The molecule has 14 N–H and O–H groups in total. The summed E-state index contributed by atoms with van der Waals surface area (Å²) >= 11 is 0. The van der Waals surface area contributed by atoms with Gasteiger partial charge in [-0.3, -0.25) is 33.6 Å². The first-order valence-corrected chi connectivity index (χ1v) is 20.9. The second-order valence-electron chi connectivity index (χ2n) is 15.5. The number of unbranched alkanes of at least 4 members (excludes halogenated alkanes) is 3. The van der Waals surface area contributed by atoms with Crippen molar-refractivity contribution in [1.82, 2.24) is 31.5 Å². The van der Waals surface area contributed by atoms with Crippen LogP contribution in [0.4, 0.5) is 0 Å². The van der Waals surface area contributed by atoms with Crippen molar-refractivity contribution in [2.75, 3.05) is 26.7 Å². The summed E-state index contributed by atoms with van der Waals surface area (Å²) in [4.78, 5) is 106. The Morgan fingerprint density at radius 2 is 1.16 bits per heavy atom. The number of rotatable bonds is 31. The average molecular weight is 864 g/mol. The molecule has 1 rings (SSSR count). The fourth-order valence-electron chi connectivity index (χ4n) is 6.35. The van der Waals surface area contributed by atoms with Crippen LogP contribution in [-0.4, -0.2) is 137 Å². The molecule has 20 nitrogen and oxygen atoms in total. The van der Waals surface area contributed by atoms with E-state index in [1.54, 1.807) is 30.3 Å². The summed E-state index contributed by atoms with van der Waals surface area (Å²) in [6.45, 7) is 5.21. The molecule has 0 radical (unpaired) electrons. The molecule has 344 valence electrons. The van der Waals surface area contributed by atoms with Gasteiger partial charge in [-0.05, 0) is 69.5 Å². The number of likely N-dealkylation sites (N-methyl/N-ethyl adjacent to an activating group) is 1. The second kappa shape index (κ2) is 29.1. The van der Waals surface area contributed by atoms with Crippen LogP contribution < -0.4 is 43.8 Å². The van der Waals surface area contributed by atoms with Crippen LogP contribution in [0.2, 0.25) is 0 Å². The molecule has 1 aromatic rings. The normalized spacial score (nSPS) is 14.6. The second-order valence-corrected chi connectivity index (χ2v) is 15.5. The molecule has 0 aliphatic heterocycles. The number of carboxylic acid groups (broad SMARTS) is 2. The fraction of sp³-hybridized carbons (Fsp3) is 0.659. The van der Waals surface area contributed by atoms with E-state index < -0.39 is 103 Å². The van der Waals surface area contributed by atoms with Crippen molar-refractivity contribution in [3.05, 3.63) is 35.9 Å². The van der Waals surface area contributed by atoms with Crippen LogP contribution in [0, 0.1) is 5.92 Å². The number of carbonyl (C=O) groups is 8. The highest BCUT2D eigenvalue weighted by atomic mass is 16.4. The van der Waals surface area contributed by atoms with Crippen molar-refractivity contribution >= 4 is 47.4 Å². The average Bonchev–Trinajstić information content (AvgIpc) is 3.21. The summed E-state index contributed by atoms with van der Waals surface area (Å²) in [7, 11) is 1.35. The Hall–Kier alpha value is -5.18. The van der Waals surface area contributed by atoms with Gasteiger partial charge in [0.25, 0.3) is 0 Å². The minimum atomic E-state index is -1.78. The highest BCUT2D eigenvalue weighted by Crippen LogP contribution is 2.16. The van der Waals surface area contributed by atoms with Gasteiger partial charge in [0, 0.05) is 13.5 Å². The van der Waals surface area contributed by atoms with Gasteiger partial charge in [0.05, 0.1) is 19.1 Å². The fourth-order valence-corrected chi connectivity index (χ4v) is 6.35. The molecule has 0 saturated heterocycles. The standard InChI is InChI=1S/C41H69N9O11/c1-5-6-17-29(41(60)61)46-39(58)33(21-25(2)3)50(4)40(59)31(22-26-14-8-7-9-15-26)48-38(57)32(24-51)49-37(56)30(23-34(52)53)47-36(55)28(18-11-13-20-43)45-35(54)27(44)16-10-12-19-42/h7-9,14-15,25,27-33,51H,5-6,10-13,16-24,42-44H2,1-4H3,(H,45,54)(H,46,58)(H,47,55)(H,48,57)(H,49,56)(H,52,53)(H,60,61)/t27-,28-,29-,30-,31-,32-,33-/m0/s1. The van der Waals surface area contributed by atoms with Crippen molar-refractivity contribution in [2.45, 2.75) is 140 Å². The van der Waals surface area contributed by atoms with E-state index in [-0.39, 0.29) is 31.6 Å². The maximum absolute atomic E-state index is 14.2. The van der Waals surface area contributed by atoms with E-state index >= 15 is 0 Å². The number of benzene rings is 1. The Labute approximate surface area is 357 Å². The van der Waals surface area contributed by atoms with Crippen LogP contribution in [-0.2, 0) is 44.8 Å². The molecule has 0 fully saturated rings. The number of nitrogens with two attached hydrogens (primary N) is 3. The predicted molar refractivity (Wildman–Crippen MR) is 226 cm³/mol. The lowest BCUT2D eigenvalue weighted by Gasteiger charge is -2.33. The molecule has 0 saturated carbocycles. The SMILES string of the molecule is CCCC[C@H](NC(=O)[C@H](CC(C)C)N(C)C(=O)[C@H](Cc1ccccc1)NC(=O)[C@H](CO)NC(=O)[C@H](CC(=O)O)NC(=O)[C@H](CCCCN)NC(=O)[C@@H](N)CCCCN)C(=O)O. The third-order valence-electron chi connectivity index (χ3n) is 9.88. The zero-order valence-electron chi connectivity index (χ0n) is 35.9. The quantitative estimate of drug-likeness (QED) is 0.0393. The highest BCUT2D eigenvalue weighted by molar-refractivity contribution is 5.98. The Bertz CT molecular complexity index is 1570. The molecule has 0 heterocycles. The molecule has 1 aromatic carbocycles. The van der Waals surface area contributed by atoms with Crippen LogP contribution in [0.15, 0.2) is 30.3 Å². The largest absolute Gasteiger partial charge is 0.481 e. The summed E-state index contributed by atoms with van der Waals surface area (Å²) in [6.07, 6.45) is 2.97. The Morgan fingerprint density at radius 3 is 1.70 bits per heavy atom. The number of hydrogen-bond acceptors (Lipinski definition) is 12. The van der Waals surface area contributed by atoms with E-state index in [9.17, 15) is 53.7 Å². The maximum atomic E-state index is 14.2. The number of nitrogens with one attached hydrogen (secondary N) is 5. The van der Waals surface area contributed by atoms with E-state index in [4.69, 9.17) is 17.2 Å². The summed E-state index contributed by atoms with van der Waals surface area (Å²) < 4.78 is 0. The molecular weight excluding hydrogens is 795 g/mol. The number of carboxylic acids is 2. The van der Waals surface area contributed by atoms with Gasteiger partial charge in [-0.1, -0.05) is 70.4 Å². The third kappa shape index (κ3) is 20.3. The first kappa shape index (κ1) is 53.8. The molecule has 6 amide bonds. The molecule has 61 heavy (non-hydrogen) atoms. The van der Waals surface area contributed by atoms with Crippen LogP contribution in [0.3, 0.4) is 0 Å². The van der Waals surface area contributed by atoms with E-state index in [1.807, 2.05) is 20.8 Å². The van der Waals surface area contributed by atoms with Gasteiger partial charge in [0.2, 0.25) is 35.4 Å². The Balaban J connectivity index is 3.38. The zero-order valence-corrected chi connectivity index (χ0v) is 35.9. The number of aliphatic hydroxyl groups is 1. The molecule has 0 aromatic heterocycles. The number of aliphatic hydroxyl groups excluding tert-OH is 1. The van der Waals surface area contributed by atoms with E-state index in [1.165, 1.54) is 7.05 Å². The Morgan fingerprint density at radius 1 is 0.656 bits per heavy atom. The lowest BCUT2D eigenvalue weighted by Crippen LogP contribution is -2.61. The number of carbonyl (C=O) groups excluding carboxylic acids is 6. The van der Waals surface area contributed by atoms with Crippen molar-refractivity contribution in [3.8, 4) is 0 Å². The van der Waals surface area contributed by atoms with Gasteiger partial charge in [0.1, 0.15) is 36.3 Å². The lowest BCUT2D eigenvalue weighted by molar-refractivity contribution is -0.146. The number of amides is 6. The van der Waals surface area contributed by atoms with E-state index in [2.05, 4.69) is 26.6 Å². The van der Waals surface area contributed by atoms with Crippen LogP contribution in [0.5, 0.6) is 0 Å². The smallest absolute Gasteiger partial charge is 0.326 e. The van der Waals surface area contributed by atoms with E-state index in [0.717, 1.165) is 4.90 Å². The molecule has 0 spiro atoms. The van der Waals surface area contributed by atoms with E-state index in [0.29, 0.717) is 63.6 Å². The molecule has 0 aliphatic carbocycles. The van der Waals surface area contributed by atoms with Crippen LogP contribution in [0.25, 0.3) is 0 Å². The monoisotopic (exact) mass is 864 g/mol. The van der Waals surface area contributed by atoms with Gasteiger partial charge in [-0.2, -0.15) is 0 Å². The maximum Gasteiger partial charge on any atom is 0.326 e. The van der Waals surface area contributed by atoms with Crippen molar-refractivity contribution in [2.24, 2.45) is 23.1 Å². The van der Waals surface area contributed by atoms with Crippen LogP contribution in [0.1, 0.15) is 97.0 Å². The van der Waals surface area contributed by atoms with Crippen molar-refractivity contribution in [1.29, 1.82) is 0 Å². The minimum absolute atomic E-state index is 0.0807. The van der Waals surface area contributed by atoms with Crippen LogP contribution >= 0.6 is 0 Å². The van der Waals surface area contributed by atoms with Gasteiger partial charge < -0.3 is 64.0 Å². The molecule has 0 aliphatic rings. The zero-order chi connectivity index (χ0) is 46.1.